The number of pyridine rings is 1. The van der Waals surface area contributed by atoms with Crippen molar-refractivity contribution in [2.24, 2.45) is 5.92 Å². The molecule has 1 aliphatic rings. The Bertz CT molecular complexity index is 1210. The van der Waals surface area contributed by atoms with E-state index in [1.165, 1.54) is 53.7 Å². The Kier molecular flexibility index (Phi) is 6.14. The van der Waals surface area contributed by atoms with Crippen LogP contribution >= 0.6 is 0 Å². The van der Waals surface area contributed by atoms with Crippen LogP contribution in [0.15, 0.2) is 48.8 Å². The van der Waals surface area contributed by atoms with Crippen molar-refractivity contribution in [2.75, 3.05) is 18.4 Å². The van der Waals surface area contributed by atoms with Crippen molar-refractivity contribution in [2.45, 2.75) is 19.3 Å². The number of aromatic nitrogens is 3. The van der Waals surface area contributed by atoms with Crippen LogP contribution in [0.4, 0.5) is 29.5 Å². The highest BCUT2D eigenvalue weighted by Crippen LogP contribution is 2.29. The number of benzene rings is 1. The summed E-state index contributed by atoms with van der Waals surface area (Å²) in [6.45, 7) is 1.45. The van der Waals surface area contributed by atoms with E-state index in [1.807, 2.05) is 0 Å². The first-order valence-electron chi connectivity index (χ1n) is 10.3. The molecular formula is C22H19F3N6O3. The Morgan fingerprint density at radius 1 is 1.18 bits per heavy atom. The van der Waals surface area contributed by atoms with Crippen LogP contribution in [-0.2, 0) is 12.3 Å². The number of carbonyl (C=O) groups is 1. The summed E-state index contributed by atoms with van der Waals surface area (Å²) in [5.41, 5.74) is 1.16. The smallest absolute Gasteiger partial charge is 0.323 e. The second kappa shape index (κ2) is 9.04. The molecule has 3 aromatic rings. The van der Waals surface area contributed by atoms with Gasteiger partial charge in [-0.3, -0.25) is 15.4 Å². The summed E-state index contributed by atoms with van der Waals surface area (Å²) in [5, 5.41) is 13.9. The molecule has 0 bridgehead atoms. The van der Waals surface area contributed by atoms with E-state index in [-0.39, 0.29) is 17.4 Å². The molecule has 1 aliphatic heterocycles. The number of rotatable bonds is 6. The largest absolute Gasteiger partial charge is 0.324 e. The number of urea groups is 1. The predicted octanol–water partition coefficient (Wildman–Crippen LogP) is 4.40. The van der Waals surface area contributed by atoms with Crippen molar-refractivity contribution in [3.63, 3.8) is 0 Å². The minimum Gasteiger partial charge on any atom is -0.324 e. The summed E-state index contributed by atoms with van der Waals surface area (Å²) < 4.78 is 39.6. The molecule has 0 unspecified atom stereocenters. The van der Waals surface area contributed by atoms with Crippen molar-refractivity contribution in [1.82, 2.24) is 19.9 Å². The second-order valence-corrected chi connectivity index (χ2v) is 8.04. The summed E-state index contributed by atoms with van der Waals surface area (Å²) in [5.74, 6) is -4.25. The Labute approximate surface area is 191 Å². The molecule has 1 N–H and O–H groups in total. The molecule has 0 saturated carbocycles. The Hall–Kier alpha value is -4.09. The molecule has 1 aromatic carbocycles. The number of hydrogen-bond donors (Lipinski definition) is 1. The number of halogens is 3. The van der Waals surface area contributed by atoms with Gasteiger partial charge in [0.2, 0.25) is 5.82 Å². The van der Waals surface area contributed by atoms with Gasteiger partial charge in [-0.15, -0.1) is 0 Å². The number of carbonyl (C=O) groups excluding carboxylic acids is 1. The van der Waals surface area contributed by atoms with Crippen molar-refractivity contribution >= 4 is 17.5 Å². The van der Waals surface area contributed by atoms with Gasteiger partial charge in [-0.2, -0.15) is 8.78 Å². The second-order valence-electron chi connectivity index (χ2n) is 8.04. The molecule has 34 heavy (non-hydrogen) atoms. The van der Waals surface area contributed by atoms with E-state index in [1.54, 1.807) is 0 Å². The zero-order chi connectivity index (χ0) is 24.5. The number of nitrogens with one attached hydrogen (secondary N) is 1. The predicted molar refractivity (Wildman–Crippen MR) is 116 cm³/mol. The van der Waals surface area contributed by atoms with E-state index in [4.69, 9.17) is 0 Å². The van der Waals surface area contributed by atoms with Crippen LogP contribution < -0.4 is 5.32 Å². The number of hydrogen-bond acceptors (Lipinski definition) is 6. The lowest BCUT2D eigenvalue weighted by atomic mass is 9.94. The molecule has 12 heteroatoms. The van der Waals surface area contributed by atoms with E-state index in [0.717, 1.165) is 6.92 Å². The standard InChI is InChI=1S/C22H19F3N6O3/c1-22(24,25)20-26-9-13(10-27-20)8-14-11-30(12-14)21(32)29-19-18(31(33)34)7-6-17(28-19)15-2-4-16(23)5-3-15/h2-7,9-10,14H,8,11-12H2,1H3,(H,28,29,32). The zero-order valence-corrected chi connectivity index (χ0v) is 17.9. The molecule has 0 radical (unpaired) electrons. The molecule has 4 rings (SSSR count). The van der Waals surface area contributed by atoms with Gasteiger partial charge in [0.05, 0.1) is 10.6 Å². The van der Waals surface area contributed by atoms with Gasteiger partial charge in [0, 0.05) is 44.0 Å². The Morgan fingerprint density at radius 3 is 2.41 bits per heavy atom. The summed E-state index contributed by atoms with van der Waals surface area (Å²) in [4.78, 5) is 36.4. The van der Waals surface area contributed by atoms with Crippen LogP contribution in [-0.4, -0.2) is 43.9 Å². The fourth-order valence-electron chi connectivity index (χ4n) is 3.54. The summed E-state index contributed by atoms with van der Waals surface area (Å²) in [7, 11) is 0. The van der Waals surface area contributed by atoms with Crippen molar-refractivity contribution in [1.29, 1.82) is 0 Å². The average Bonchev–Trinajstić information content (AvgIpc) is 2.76. The molecule has 0 atom stereocenters. The third kappa shape index (κ3) is 5.11. The van der Waals surface area contributed by atoms with Crippen molar-refractivity contribution in [3.05, 3.63) is 76.1 Å². The first kappa shape index (κ1) is 23.1. The minimum absolute atomic E-state index is 0.0656. The minimum atomic E-state index is -3.12. The lowest BCUT2D eigenvalue weighted by Gasteiger charge is -2.39. The van der Waals surface area contributed by atoms with Gasteiger partial charge in [-0.25, -0.2) is 24.1 Å². The van der Waals surface area contributed by atoms with E-state index in [9.17, 15) is 28.1 Å². The summed E-state index contributed by atoms with van der Waals surface area (Å²) in [6, 6.07) is 7.53. The van der Waals surface area contributed by atoms with Crippen LogP contribution in [0, 0.1) is 21.8 Å². The molecule has 0 spiro atoms. The van der Waals surface area contributed by atoms with Gasteiger partial charge >= 0.3 is 17.6 Å². The van der Waals surface area contributed by atoms with Crippen LogP contribution in [0.3, 0.4) is 0 Å². The molecule has 9 nitrogen and oxygen atoms in total. The van der Waals surface area contributed by atoms with Gasteiger partial charge in [0.1, 0.15) is 5.82 Å². The number of nitro groups is 1. The molecule has 2 amide bonds. The maximum Gasteiger partial charge on any atom is 0.323 e. The molecular weight excluding hydrogens is 453 g/mol. The zero-order valence-electron chi connectivity index (χ0n) is 17.9. The number of anilines is 1. The maximum absolute atomic E-state index is 13.2. The molecule has 1 fully saturated rings. The number of likely N-dealkylation sites (tertiary alicyclic amines) is 1. The topological polar surface area (TPSA) is 114 Å². The third-order valence-electron chi connectivity index (χ3n) is 5.30. The SMILES string of the molecule is CC(F)(F)c1ncc(CC2CN(C(=O)Nc3nc(-c4ccc(F)cc4)ccc3[N+](=O)[O-])C2)cn1. The number of nitrogens with zero attached hydrogens (tertiary/aromatic N) is 5. The lowest BCUT2D eigenvalue weighted by Crippen LogP contribution is -2.52. The molecule has 1 saturated heterocycles. The fraction of sp³-hybridized carbons (Fsp3) is 0.273. The molecule has 3 heterocycles. The Morgan fingerprint density at radius 2 is 1.82 bits per heavy atom. The van der Waals surface area contributed by atoms with Crippen LogP contribution in [0.2, 0.25) is 0 Å². The van der Waals surface area contributed by atoms with Gasteiger partial charge < -0.3 is 4.90 Å². The summed E-state index contributed by atoms with van der Waals surface area (Å²) in [6.07, 6.45) is 3.19. The van der Waals surface area contributed by atoms with E-state index >= 15 is 0 Å². The van der Waals surface area contributed by atoms with Gasteiger partial charge in [0.25, 0.3) is 0 Å². The first-order chi connectivity index (χ1) is 16.1. The lowest BCUT2D eigenvalue weighted by molar-refractivity contribution is -0.384. The van der Waals surface area contributed by atoms with Crippen LogP contribution in [0.1, 0.15) is 18.3 Å². The van der Waals surface area contributed by atoms with Crippen molar-refractivity contribution in [3.8, 4) is 11.3 Å². The number of amides is 2. The van der Waals surface area contributed by atoms with Crippen molar-refractivity contribution < 1.29 is 22.9 Å². The molecule has 176 valence electrons. The number of alkyl halides is 2. The molecule has 2 aromatic heterocycles. The van der Waals surface area contributed by atoms with E-state index in [0.29, 0.717) is 36.3 Å². The maximum atomic E-state index is 13.2. The molecule has 0 aliphatic carbocycles. The monoisotopic (exact) mass is 472 g/mol. The van der Waals surface area contributed by atoms with Gasteiger partial charge in [0.15, 0.2) is 5.82 Å². The van der Waals surface area contributed by atoms with E-state index < -0.39 is 28.5 Å². The average molecular weight is 472 g/mol. The highest BCUT2D eigenvalue weighted by Gasteiger charge is 2.33. The van der Waals surface area contributed by atoms with Gasteiger partial charge in [-0.1, -0.05) is 0 Å². The summed E-state index contributed by atoms with van der Waals surface area (Å²) >= 11 is 0. The van der Waals surface area contributed by atoms with Crippen LogP contribution in [0.25, 0.3) is 11.3 Å². The van der Waals surface area contributed by atoms with E-state index in [2.05, 4.69) is 20.3 Å². The first-order valence-corrected chi connectivity index (χ1v) is 10.3. The van der Waals surface area contributed by atoms with Crippen LogP contribution in [0.5, 0.6) is 0 Å². The third-order valence-corrected chi connectivity index (χ3v) is 5.30. The Balaban J connectivity index is 1.39. The fourth-order valence-corrected chi connectivity index (χ4v) is 3.54. The highest BCUT2D eigenvalue weighted by atomic mass is 19.3. The van der Waals surface area contributed by atoms with Gasteiger partial charge in [-0.05, 0) is 48.2 Å². The highest BCUT2D eigenvalue weighted by molar-refractivity contribution is 5.91. The quantitative estimate of drug-likeness (QED) is 0.420. The normalized spacial score (nSPS) is 13.9.